The van der Waals surface area contributed by atoms with Crippen molar-refractivity contribution in [1.82, 2.24) is 4.90 Å². The van der Waals surface area contributed by atoms with Crippen LogP contribution in [0.15, 0.2) is 12.2 Å². The Hall–Kier alpha value is -1.12. The normalized spacial score (nSPS) is 14.8. The monoisotopic (exact) mass is 225 g/mol. The summed E-state index contributed by atoms with van der Waals surface area (Å²) in [7, 11) is 0. The molecular weight excluding hydrogens is 202 g/mol. The maximum Gasteiger partial charge on any atom is 0.253 e. The lowest BCUT2D eigenvalue weighted by molar-refractivity contribution is -0.137. The number of nitrogens with zero attached hydrogens (tertiary/aromatic N) is 1. The molecule has 0 N–H and O–H groups in total. The Kier molecular flexibility index (Phi) is 6.70. The average molecular weight is 225 g/mol. The molecule has 0 bridgehead atoms. The molecule has 1 aliphatic rings. The zero-order valence-corrected chi connectivity index (χ0v) is 11.0. The molecule has 0 aromatic rings. The van der Waals surface area contributed by atoms with Crippen LogP contribution >= 0.6 is 0 Å². The predicted octanol–water partition coefficient (Wildman–Crippen LogP) is 2.62. The Labute approximate surface area is 98.5 Å². The van der Waals surface area contributed by atoms with Crippen LogP contribution in [0.5, 0.6) is 0 Å². The Morgan fingerprint density at radius 3 is 1.62 bits per heavy atom. The van der Waals surface area contributed by atoms with Crippen LogP contribution < -0.4 is 0 Å². The first-order valence-corrected chi connectivity index (χ1v) is 5.92. The summed E-state index contributed by atoms with van der Waals surface area (Å²) in [6, 6.07) is 0. The lowest BCUT2D eigenvalue weighted by atomic mass is 10.2. The zero-order chi connectivity index (χ0) is 12.7. The summed E-state index contributed by atoms with van der Waals surface area (Å²) in [5.41, 5.74) is 0. The second kappa shape index (κ2) is 7.20. The van der Waals surface area contributed by atoms with E-state index in [1.54, 1.807) is 0 Å². The molecule has 0 unspecified atom stereocenters. The molecule has 0 saturated carbocycles. The maximum absolute atomic E-state index is 10.9. The molecule has 16 heavy (non-hydrogen) atoms. The fourth-order valence-electron chi connectivity index (χ4n) is 0.976. The van der Waals surface area contributed by atoms with Crippen molar-refractivity contribution in [2.75, 3.05) is 6.54 Å². The molecule has 0 saturated heterocycles. The minimum Gasteiger partial charge on any atom is -0.275 e. The van der Waals surface area contributed by atoms with Crippen molar-refractivity contribution in [3.8, 4) is 0 Å². The Morgan fingerprint density at radius 1 is 1.00 bits per heavy atom. The quantitative estimate of drug-likeness (QED) is 0.692. The van der Waals surface area contributed by atoms with Crippen molar-refractivity contribution in [3.05, 3.63) is 12.2 Å². The van der Waals surface area contributed by atoms with Gasteiger partial charge in [0.2, 0.25) is 0 Å². The van der Waals surface area contributed by atoms with Crippen molar-refractivity contribution in [1.29, 1.82) is 0 Å². The van der Waals surface area contributed by atoms with Gasteiger partial charge in [0.05, 0.1) is 0 Å². The van der Waals surface area contributed by atoms with Crippen LogP contribution in [0.4, 0.5) is 0 Å². The van der Waals surface area contributed by atoms with Gasteiger partial charge in [0.1, 0.15) is 0 Å². The van der Waals surface area contributed by atoms with E-state index >= 15 is 0 Å². The Balaban J connectivity index is 0.000000385. The molecule has 2 amide bonds. The average Bonchev–Trinajstić information content (AvgIpc) is 2.50. The molecule has 3 heteroatoms. The van der Waals surface area contributed by atoms with Crippen LogP contribution in [0.2, 0.25) is 0 Å². The number of carbonyl (C=O) groups excluding carboxylic acids is 2. The summed E-state index contributed by atoms with van der Waals surface area (Å²) < 4.78 is 0. The van der Waals surface area contributed by atoms with Crippen LogP contribution in [0.3, 0.4) is 0 Å². The van der Waals surface area contributed by atoms with Gasteiger partial charge in [0.15, 0.2) is 0 Å². The van der Waals surface area contributed by atoms with Crippen molar-refractivity contribution in [3.63, 3.8) is 0 Å². The first kappa shape index (κ1) is 14.9. The lowest BCUT2D eigenvalue weighted by Gasteiger charge is -2.15. The van der Waals surface area contributed by atoms with Crippen LogP contribution in [-0.4, -0.2) is 23.3 Å². The van der Waals surface area contributed by atoms with Gasteiger partial charge >= 0.3 is 0 Å². The third-order valence-electron chi connectivity index (χ3n) is 2.26. The van der Waals surface area contributed by atoms with Gasteiger partial charge in [0, 0.05) is 18.7 Å². The summed E-state index contributed by atoms with van der Waals surface area (Å²) in [4.78, 5) is 23.1. The summed E-state index contributed by atoms with van der Waals surface area (Å²) in [6.45, 7) is 11.1. The molecule has 0 aromatic heterocycles. The summed E-state index contributed by atoms with van der Waals surface area (Å²) in [5.74, 6) is 0.838. The van der Waals surface area contributed by atoms with Gasteiger partial charge < -0.3 is 0 Å². The molecule has 0 spiro atoms. The van der Waals surface area contributed by atoms with Crippen molar-refractivity contribution >= 4 is 11.8 Å². The second-order valence-electron chi connectivity index (χ2n) is 4.82. The van der Waals surface area contributed by atoms with Gasteiger partial charge in [-0.25, -0.2) is 0 Å². The highest BCUT2D eigenvalue weighted by molar-refractivity contribution is 6.12. The lowest BCUT2D eigenvalue weighted by Crippen LogP contribution is -2.33. The van der Waals surface area contributed by atoms with E-state index in [-0.39, 0.29) is 11.8 Å². The van der Waals surface area contributed by atoms with Gasteiger partial charge in [-0.05, 0) is 11.8 Å². The molecule has 1 rings (SSSR count). The third kappa shape index (κ3) is 5.69. The first-order chi connectivity index (χ1) is 7.38. The molecule has 0 aromatic carbocycles. The summed E-state index contributed by atoms with van der Waals surface area (Å²) in [6.07, 6.45) is 3.93. The smallest absolute Gasteiger partial charge is 0.253 e. The van der Waals surface area contributed by atoms with Gasteiger partial charge in [-0.15, -0.1) is 0 Å². The van der Waals surface area contributed by atoms with E-state index in [0.717, 1.165) is 5.92 Å². The van der Waals surface area contributed by atoms with Gasteiger partial charge in [0.25, 0.3) is 11.8 Å². The molecule has 3 nitrogen and oxygen atoms in total. The third-order valence-corrected chi connectivity index (χ3v) is 2.26. The fraction of sp³-hybridized carbons (Fsp3) is 0.692. The summed E-state index contributed by atoms with van der Waals surface area (Å²) >= 11 is 0. The number of hydrogen-bond acceptors (Lipinski definition) is 2. The highest BCUT2D eigenvalue weighted by atomic mass is 16.2. The van der Waals surface area contributed by atoms with Crippen molar-refractivity contribution in [2.24, 2.45) is 11.8 Å². The number of imide groups is 1. The van der Waals surface area contributed by atoms with E-state index in [1.165, 1.54) is 23.5 Å². The number of rotatable bonds is 3. The highest BCUT2D eigenvalue weighted by Crippen LogP contribution is 2.06. The van der Waals surface area contributed by atoms with Crippen LogP contribution in [-0.2, 0) is 9.59 Å². The number of hydrogen-bond donors (Lipinski definition) is 0. The van der Waals surface area contributed by atoms with E-state index in [2.05, 4.69) is 20.8 Å². The van der Waals surface area contributed by atoms with Crippen LogP contribution in [0.25, 0.3) is 0 Å². The Bertz CT molecular complexity index is 249. The maximum atomic E-state index is 10.9. The SMILES string of the molecule is CC(C)CN1C(=O)C=CC1=O.CCC(C)C. The van der Waals surface area contributed by atoms with Gasteiger partial charge in [-0.1, -0.05) is 41.0 Å². The molecule has 0 fully saturated rings. The van der Waals surface area contributed by atoms with Gasteiger partial charge in [-0.3, -0.25) is 14.5 Å². The second-order valence-corrected chi connectivity index (χ2v) is 4.82. The fourth-order valence-corrected chi connectivity index (χ4v) is 0.976. The molecule has 0 aliphatic carbocycles. The predicted molar refractivity (Wildman–Crippen MR) is 65.8 cm³/mol. The van der Waals surface area contributed by atoms with Crippen LogP contribution in [0.1, 0.15) is 41.0 Å². The largest absolute Gasteiger partial charge is 0.275 e. The highest BCUT2D eigenvalue weighted by Gasteiger charge is 2.23. The number of carbonyl (C=O) groups is 2. The molecule has 1 heterocycles. The standard InChI is InChI=1S/C8H11NO2.C5H12/c1-6(2)5-9-7(10)3-4-8(9)11;1-4-5(2)3/h3-4,6H,5H2,1-2H3;5H,4H2,1-3H3. The molecule has 1 aliphatic heterocycles. The summed E-state index contributed by atoms with van der Waals surface area (Å²) in [5, 5.41) is 0. The van der Waals surface area contributed by atoms with E-state index < -0.39 is 0 Å². The first-order valence-electron chi connectivity index (χ1n) is 5.92. The molecular formula is C13H23NO2. The van der Waals surface area contributed by atoms with E-state index in [9.17, 15) is 9.59 Å². The Morgan fingerprint density at radius 2 is 1.38 bits per heavy atom. The number of amides is 2. The van der Waals surface area contributed by atoms with E-state index in [0.29, 0.717) is 12.5 Å². The van der Waals surface area contributed by atoms with Crippen LogP contribution in [0, 0.1) is 11.8 Å². The minimum absolute atomic E-state index is 0.191. The molecule has 0 atom stereocenters. The van der Waals surface area contributed by atoms with E-state index in [4.69, 9.17) is 0 Å². The van der Waals surface area contributed by atoms with Crippen molar-refractivity contribution < 1.29 is 9.59 Å². The molecule has 92 valence electrons. The van der Waals surface area contributed by atoms with E-state index in [1.807, 2.05) is 13.8 Å². The van der Waals surface area contributed by atoms with Gasteiger partial charge in [-0.2, -0.15) is 0 Å². The van der Waals surface area contributed by atoms with Crippen molar-refractivity contribution in [2.45, 2.75) is 41.0 Å². The topological polar surface area (TPSA) is 37.4 Å². The molecule has 0 radical (unpaired) electrons. The zero-order valence-electron chi connectivity index (χ0n) is 11.0. The minimum atomic E-state index is -0.191.